The van der Waals surface area contributed by atoms with Gasteiger partial charge in [0.15, 0.2) is 0 Å². The monoisotopic (exact) mass is 681 g/mol. The number of nitrogens with zero attached hydrogens (tertiary/aromatic N) is 2. The molecule has 0 bridgehead atoms. The first-order valence-corrected chi connectivity index (χ1v) is 16.6. The fourth-order valence-corrected chi connectivity index (χ4v) is 8.78. The van der Waals surface area contributed by atoms with E-state index in [2.05, 4.69) is 26.1 Å². The SMILES string of the molecule is COc1ccc(N2C(=O)C3Sc4c(sc(=O)n4CC(=O)Nc4ccc(Cl)c(Cl)c4)[C@H](c4ccc(C(C)(C)C)cc4)C3C2=O)cc1. The summed E-state index contributed by atoms with van der Waals surface area (Å²) in [6, 6.07) is 19.5. The predicted octanol–water partition coefficient (Wildman–Crippen LogP) is 6.96. The summed E-state index contributed by atoms with van der Waals surface area (Å²) in [6.07, 6.45) is 0. The third-order valence-corrected chi connectivity index (χ3v) is 11.4. The summed E-state index contributed by atoms with van der Waals surface area (Å²) in [5.41, 5.74) is 2.74. The highest BCUT2D eigenvalue weighted by Gasteiger charge is 2.56. The zero-order valence-electron chi connectivity index (χ0n) is 24.8. The van der Waals surface area contributed by atoms with Crippen LogP contribution < -0.4 is 19.8 Å². The first-order chi connectivity index (χ1) is 21.4. The molecule has 3 amide bonds. The largest absolute Gasteiger partial charge is 0.497 e. The number of ether oxygens (including phenoxy) is 1. The van der Waals surface area contributed by atoms with Gasteiger partial charge in [0.25, 0.3) is 0 Å². The zero-order chi connectivity index (χ0) is 32.2. The third-order valence-electron chi connectivity index (χ3n) is 8.02. The Kier molecular flexibility index (Phi) is 8.36. The number of thioether (sulfide) groups is 1. The standard InChI is InChI=1S/C33H29Cl2N3O5S2/c1-33(2,3)18-7-5-17(6-8-18)25-26-27(30(41)38(29(26)40)20-10-12-21(43-4)13-11-20)44-31-28(25)45-32(42)37(31)16-24(39)36-19-9-14-22(34)23(35)15-19/h5-15,25-27H,16H2,1-4H3,(H,36,39)/t25-,26?,27?/m1/s1. The van der Waals surface area contributed by atoms with Crippen molar-refractivity contribution in [1.29, 1.82) is 0 Å². The fourth-order valence-electron chi connectivity index (χ4n) is 5.71. The summed E-state index contributed by atoms with van der Waals surface area (Å²) >= 11 is 14.3. The van der Waals surface area contributed by atoms with Gasteiger partial charge in [-0.05, 0) is 59.0 Å². The molecule has 1 N–H and O–H groups in total. The molecule has 2 unspecified atom stereocenters. The Morgan fingerprint density at radius 3 is 2.24 bits per heavy atom. The lowest BCUT2D eigenvalue weighted by atomic mass is 9.81. The number of amides is 3. The lowest BCUT2D eigenvalue weighted by Gasteiger charge is -2.31. The third kappa shape index (κ3) is 5.80. The molecule has 232 valence electrons. The van der Waals surface area contributed by atoms with Gasteiger partial charge in [-0.1, -0.05) is 91.3 Å². The normalized spacial score (nSPS) is 19.3. The van der Waals surface area contributed by atoms with Gasteiger partial charge >= 0.3 is 4.87 Å². The molecule has 0 radical (unpaired) electrons. The number of nitrogens with one attached hydrogen (secondary N) is 1. The van der Waals surface area contributed by atoms with E-state index in [4.69, 9.17) is 27.9 Å². The molecule has 1 fully saturated rings. The Morgan fingerprint density at radius 2 is 1.62 bits per heavy atom. The van der Waals surface area contributed by atoms with Gasteiger partial charge in [-0.25, -0.2) is 4.90 Å². The lowest BCUT2D eigenvalue weighted by Crippen LogP contribution is -2.33. The Hall–Kier alpha value is -3.57. The number of anilines is 2. The van der Waals surface area contributed by atoms with Crippen molar-refractivity contribution < 1.29 is 19.1 Å². The van der Waals surface area contributed by atoms with E-state index >= 15 is 0 Å². The minimum atomic E-state index is -0.794. The van der Waals surface area contributed by atoms with E-state index in [0.717, 1.165) is 22.5 Å². The van der Waals surface area contributed by atoms with Crippen molar-refractivity contribution in [1.82, 2.24) is 4.57 Å². The zero-order valence-corrected chi connectivity index (χ0v) is 27.9. The molecule has 2 aliphatic rings. The van der Waals surface area contributed by atoms with E-state index in [1.54, 1.807) is 43.5 Å². The molecule has 0 spiro atoms. The van der Waals surface area contributed by atoms with E-state index < -0.39 is 23.0 Å². The number of carbonyl (C=O) groups excluding carboxylic acids is 3. The molecular weight excluding hydrogens is 653 g/mol. The van der Waals surface area contributed by atoms with Crippen molar-refractivity contribution in [2.24, 2.45) is 5.92 Å². The van der Waals surface area contributed by atoms with Crippen molar-refractivity contribution >= 4 is 75.4 Å². The van der Waals surface area contributed by atoms with Gasteiger partial charge < -0.3 is 10.1 Å². The first-order valence-electron chi connectivity index (χ1n) is 14.1. The summed E-state index contributed by atoms with van der Waals surface area (Å²) < 4.78 is 6.64. The molecule has 1 saturated heterocycles. The van der Waals surface area contributed by atoms with Crippen molar-refractivity contribution in [3.63, 3.8) is 0 Å². The number of hydrogen-bond donors (Lipinski definition) is 1. The molecule has 45 heavy (non-hydrogen) atoms. The maximum Gasteiger partial charge on any atom is 0.308 e. The number of imide groups is 1. The molecule has 3 aromatic carbocycles. The molecule has 8 nitrogen and oxygen atoms in total. The van der Waals surface area contributed by atoms with Crippen LogP contribution in [0.2, 0.25) is 10.0 Å². The highest BCUT2D eigenvalue weighted by Crippen LogP contribution is 2.54. The van der Waals surface area contributed by atoms with Crippen LogP contribution in [0.5, 0.6) is 5.75 Å². The minimum Gasteiger partial charge on any atom is -0.497 e. The van der Waals surface area contributed by atoms with E-state index in [1.807, 2.05) is 24.3 Å². The Bertz CT molecular complexity index is 1880. The maximum absolute atomic E-state index is 14.1. The molecule has 6 rings (SSSR count). The minimum absolute atomic E-state index is 0.0885. The number of fused-ring (bicyclic) bond motifs is 2. The van der Waals surface area contributed by atoms with E-state index in [-0.39, 0.29) is 33.7 Å². The van der Waals surface area contributed by atoms with Gasteiger partial charge in [0.1, 0.15) is 17.5 Å². The molecule has 0 aliphatic carbocycles. The molecule has 2 aliphatic heterocycles. The second-order valence-corrected chi connectivity index (χ2v) is 14.9. The smallest absolute Gasteiger partial charge is 0.308 e. The van der Waals surface area contributed by atoms with Crippen LogP contribution in [-0.2, 0) is 26.3 Å². The van der Waals surface area contributed by atoms with Crippen LogP contribution >= 0.6 is 46.3 Å². The molecule has 12 heteroatoms. The van der Waals surface area contributed by atoms with Crippen LogP contribution in [0.4, 0.5) is 11.4 Å². The fraction of sp³-hybridized carbons (Fsp3) is 0.273. The van der Waals surface area contributed by atoms with E-state index in [9.17, 15) is 19.2 Å². The van der Waals surface area contributed by atoms with Crippen molar-refractivity contribution in [2.75, 3.05) is 17.3 Å². The summed E-state index contributed by atoms with van der Waals surface area (Å²) in [7, 11) is 1.55. The molecular formula is C33H29Cl2N3O5S2. The summed E-state index contributed by atoms with van der Waals surface area (Å²) in [4.78, 5) is 56.3. The second-order valence-electron chi connectivity index (χ2n) is 11.9. The van der Waals surface area contributed by atoms with Crippen molar-refractivity contribution in [3.8, 4) is 5.75 Å². The predicted molar refractivity (Wildman–Crippen MR) is 179 cm³/mol. The number of halogens is 2. The van der Waals surface area contributed by atoms with Gasteiger partial charge in [-0.15, -0.1) is 0 Å². The second kappa shape index (κ2) is 12.0. The molecule has 3 heterocycles. The summed E-state index contributed by atoms with van der Waals surface area (Å²) in [6.45, 7) is 6.08. The van der Waals surface area contributed by atoms with Crippen LogP contribution in [0.25, 0.3) is 0 Å². The highest BCUT2D eigenvalue weighted by atomic mass is 35.5. The average molecular weight is 683 g/mol. The van der Waals surface area contributed by atoms with Gasteiger partial charge in [0, 0.05) is 16.5 Å². The van der Waals surface area contributed by atoms with Crippen LogP contribution in [0.1, 0.15) is 42.7 Å². The first kappa shape index (κ1) is 31.4. The van der Waals surface area contributed by atoms with Gasteiger partial charge in [0.05, 0.1) is 33.8 Å². The Balaban J connectivity index is 1.40. The van der Waals surface area contributed by atoms with E-state index in [0.29, 0.717) is 32.1 Å². The van der Waals surface area contributed by atoms with Gasteiger partial charge in [-0.3, -0.25) is 23.7 Å². The maximum atomic E-state index is 14.1. The lowest BCUT2D eigenvalue weighted by molar-refractivity contribution is -0.122. The number of rotatable bonds is 6. The van der Waals surface area contributed by atoms with Crippen LogP contribution in [-0.4, -0.2) is 34.6 Å². The van der Waals surface area contributed by atoms with Crippen molar-refractivity contribution in [3.05, 3.63) is 102 Å². The van der Waals surface area contributed by atoms with Gasteiger partial charge in [-0.2, -0.15) is 0 Å². The Labute approximate surface area is 278 Å². The van der Waals surface area contributed by atoms with Crippen LogP contribution in [0.15, 0.2) is 76.6 Å². The van der Waals surface area contributed by atoms with E-state index in [1.165, 1.54) is 27.3 Å². The highest BCUT2D eigenvalue weighted by molar-refractivity contribution is 8.00. The number of thiazole rings is 1. The number of aromatic nitrogens is 1. The molecule has 4 aromatic rings. The van der Waals surface area contributed by atoms with Crippen LogP contribution in [0.3, 0.4) is 0 Å². The molecule has 3 atom stereocenters. The molecule has 1 aromatic heterocycles. The summed E-state index contributed by atoms with van der Waals surface area (Å²) in [5, 5.41) is 3.11. The molecule has 0 saturated carbocycles. The number of hydrogen-bond acceptors (Lipinski definition) is 7. The number of methoxy groups -OCH3 is 1. The van der Waals surface area contributed by atoms with Crippen molar-refractivity contribution in [2.45, 2.75) is 48.9 Å². The number of benzene rings is 3. The average Bonchev–Trinajstić information content (AvgIpc) is 3.44. The topological polar surface area (TPSA) is 97.7 Å². The summed E-state index contributed by atoms with van der Waals surface area (Å²) in [5.74, 6) is -1.84. The Morgan fingerprint density at radius 1 is 0.933 bits per heavy atom. The van der Waals surface area contributed by atoms with Crippen LogP contribution in [0, 0.1) is 5.92 Å². The van der Waals surface area contributed by atoms with Gasteiger partial charge in [0.2, 0.25) is 17.7 Å². The number of carbonyl (C=O) groups is 3. The quantitative estimate of drug-likeness (QED) is 0.221.